The van der Waals surface area contributed by atoms with Gasteiger partial charge in [0.15, 0.2) is 0 Å². The van der Waals surface area contributed by atoms with E-state index in [2.05, 4.69) is 56.3 Å². The normalized spacial score (nSPS) is 13.2. The number of rotatable bonds is 12. The van der Waals surface area contributed by atoms with E-state index in [1.165, 1.54) is 49.3 Å². The van der Waals surface area contributed by atoms with Gasteiger partial charge in [-0.15, -0.1) is 0 Å². The quantitative estimate of drug-likeness (QED) is 0.426. The van der Waals surface area contributed by atoms with Crippen molar-refractivity contribution in [1.29, 1.82) is 0 Å². The lowest BCUT2D eigenvalue weighted by Crippen LogP contribution is -2.41. The number of nitrogens with two attached hydrogens (primary N) is 1. The molecule has 0 heterocycles. The van der Waals surface area contributed by atoms with Crippen LogP contribution < -0.4 is 5.73 Å². The van der Waals surface area contributed by atoms with Gasteiger partial charge in [-0.25, -0.2) is 0 Å². The zero-order valence-electron chi connectivity index (χ0n) is 16.7. The highest BCUT2D eigenvalue weighted by atomic mass is 16.3. The molecular formula is C24H37NO. The number of hydrogen-bond acceptors (Lipinski definition) is 2. The first kappa shape index (κ1) is 20.9. The summed E-state index contributed by atoms with van der Waals surface area (Å²) in [5.41, 5.74) is 6.99. The number of unbranched alkanes of at least 4 members (excludes halogenated alkanes) is 6. The molecule has 0 spiro atoms. The summed E-state index contributed by atoms with van der Waals surface area (Å²) in [6.45, 7) is 4.44. The van der Waals surface area contributed by atoms with Crippen LogP contribution in [0.4, 0.5) is 0 Å². The molecule has 0 aliphatic rings. The van der Waals surface area contributed by atoms with E-state index in [-0.39, 0.29) is 6.04 Å². The van der Waals surface area contributed by atoms with E-state index in [1.807, 2.05) is 0 Å². The Hall–Kier alpha value is -1.38. The van der Waals surface area contributed by atoms with Gasteiger partial charge in [0.25, 0.3) is 0 Å². The Balaban J connectivity index is 2.20. The second kappa shape index (κ2) is 10.7. The van der Waals surface area contributed by atoms with Gasteiger partial charge in [0, 0.05) is 0 Å². The first-order chi connectivity index (χ1) is 12.6. The van der Waals surface area contributed by atoms with Gasteiger partial charge in [-0.3, -0.25) is 0 Å². The zero-order chi connectivity index (χ0) is 18.8. The second-order valence-corrected chi connectivity index (χ2v) is 7.77. The van der Waals surface area contributed by atoms with Crippen LogP contribution in [0.5, 0.6) is 0 Å². The van der Waals surface area contributed by atoms with E-state index in [0.717, 1.165) is 31.2 Å². The Morgan fingerprint density at radius 1 is 0.808 bits per heavy atom. The summed E-state index contributed by atoms with van der Waals surface area (Å²) in [7, 11) is 0. The van der Waals surface area contributed by atoms with Gasteiger partial charge in [-0.05, 0) is 29.2 Å². The van der Waals surface area contributed by atoms with Gasteiger partial charge in [-0.1, -0.05) is 108 Å². The standard InChI is InChI=1S/C24H37NO/c1-3-5-7-11-18-24(26,19-12-8-6-4-2)23(25)22-17-13-15-20-14-9-10-16-21(20)22/h9-10,13-17,23,26H,3-8,11-12,18-19,25H2,1-2H3/t23-/m1/s1. The SMILES string of the molecule is CCCCCCC(O)(CCCCCC)[C@H](N)c1cccc2ccccc12. The fourth-order valence-corrected chi connectivity index (χ4v) is 3.96. The maximum absolute atomic E-state index is 11.6. The molecular weight excluding hydrogens is 318 g/mol. The molecule has 144 valence electrons. The fraction of sp³-hybridized carbons (Fsp3) is 0.583. The van der Waals surface area contributed by atoms with Crippen molar-refractivity contribution in [1.82, 2.24) is 0 Å². The molecule has 2 aromatic carbocycles. The third kappa shape index (κ3) is 5.56. The average Bonchev–Trinajstić information content (AvgIpc) is 2.67. The lowest BCUT2D eigenvalue weighted by Gasteiger charge is -2.35. The van der Waals surface area contributed by atoms with Crippen LogP contribution in [0.3, 0.4) is 0 Å². The maximum atomic E-state index is 11.6. The van der Waals surface area contributed by atoms with Crippen molar-refractivity contribution in [3.05, 3.63) is 48.0 Å². The van der Waals surface area contributed by atoms with Crippen LogP contribution >= 0.6 is 0 Å². The number of hydrogen-bond donors (Lipinski definition) is 2. The van der Waals surface area contributed by atoms with Crippen LogP contribution in [0.2, 0.25) is 0 Å². The van der Waals surface area contributed by atoms with E-state index < -0.39 is 5.60 Å². The molecule has 0 aliphatic carbocycles. The smallest absolute Gasteiger partial charge is 0.0839 e. The summed E-state index contributed by atoms with van der Waals surface area (Å²) in [6.07, 6.45) is 10.9. The van der Waals surface area contributed by atoms with Crippen molar-refractivity contribution in [3.8, 4) is 0 Å². The molecule has 0 saturated carbocycles. The van der Waals surface area contributed by atoms with E-state index in [9.17, 15) is 5.11 Å². The Labute approximate surface area is 159 Å². The lowest BCUT2D eigenvalue weighted by molar-refractivity contribution is -0.00738. The number of aliphatic hydroxyl groups is 1. The Morgan fingerprint density at radius 3 is 2.00 bits per heavy atom. The molecule has 1 atom stereocenters. The monoisotopic (exact) mass is 355 g/mol. The topological polar surface area (TPSA) is 46.2 Å². The zero-order valence-corrected chi connectivity index (χ0v) is 16.7. The van der Waals surface area contributed by atoms with Crippen molar-refractivity contribution < 1.29 is 5.11 Å². The third-order valence-electron chi connectivity index (χ3n) is 5.66. The Bertz CT molecular complexity index is 634. The highest BCUT2D eigenvalue weighted by Crippen LogP contribution is 2.36. The third-order valence-corrected chi connectivity index (χ3v) is 5.66. The highest BCUT2D eigenvalue weighted by Gasteiger charge is 2.35. The van der Waals surface area contributed by atoms with Crippen molar-refractivity contribution in [3.63, 3.8) is 0 Å². The van der Waals surface area contributed by atoms with Gasteiger partial charge in [0.2, 0.25) is 0 Å². The summed E-state index contributed by atoms with van der Waals surface area (Å²) in [5, 5.41) is 13.9. The van der Waals surface area contributed by atoms with E-state index in [4.69, 9.17) is 5.73 Å². The molecule has 0 aliphatic heterocycles. The van der Waals surface area contributed by atoms with Crippen LogP contribution in [0.25, 0.3) is 10.8 Å². The molecule has 0 aromatic heterocycles. The van der Waals surface area contributed by atoms with E-state index in [1.54, 1.807) is 0 Å². The predicted octanol–water partition coefficient (Wildman–Crippen LogP) is 6.51. The minimum atomic E-state index is -0.814. The van der Waals surface area contributed by atoms with Gasteiger partial charge >= 0.3 is 0 Å². The van der Waals surface area contributed by atoms with Crippen LogP contribution in [0.15, 0.2) is 42.5 Å². The summed E-state index contributed by atoms with van der Waals surface area (Å²) < 4.78 is 0. The summed E-state index contributed by atoms with van der Waals surface area (Å²) in [5.74, 6) is 0. The van der Waals surface area contributed by atoms with Crippen molar-refractivity contribution >= 4 is 10.8 Å². The molecule has 3 N–H and O–H groups in total. The summed E-state index contributed by atoms with van der Waals surface area (Å²) in [4.78, 5) is 0. The Morgan fingerprint density at radius 2 is 1.38 bits per heavy atom. The first-order valence-electron chi connectivity index (χ1n) is 10.6. The molecule has 0 radical (unpaired) electrons. The molecule has 2 aromatic rings. The van der Waals surface area contributed by atoms with Gasteiger partial charge in [0.05, 0.1) is 11.6 Å². The Kier molecular flexibility index (Phi) is 8.61. The molecule has 0 unspecified atom stereocenters. The molecule has 0 saturated heterocycles. The minimum absolute atomic E-state index is 0.336. The van der Waals surface area contributed by atoms with E-state index >= 15 is 0 Å². The summed E-state index contributed by atoms with van der Waals surface area (Å²) >= 11 is 0. The molecule has 0 fully saturated rings. The van der Waals surface area contributed by atoms with Crippen molar-refractivity contribution in [2.24, 2.45) is 5.73 Å². The molecule has 0 amide bonds. The first-order valence-corrected chi connectivity index (χ1v) is 10.6. The van der Waals surface area contributed by atoms with Crippen LogP contribution in [0.1, 0.15) is 89.7 Å². The van der Waals surface area contributed by atoms with Gasteiger partial charge < -0.3 is 10.8 Å². The predicted molar refractivity (Wildman–Crippen MR) is 113 cm³/mol. The molecule has 2 nitrogen and oxygen atoms in total. The lowest BCUT2D eigenvalue weighted by atomic mass is 9.79. The van der Waals surface area contributed by atoms with Crippen LogP contribution in [0, 0.1) is 0 Å². The number of fused-ring (bicyclic) bond motifs is 1. The fourth-order valence-electron chi connectivity index (χ4n) is 3.96. The van der Waals surface area contributed by atoms with Crippen LogP contribution in [-0.2, 0) is 0 Å². The van der Waals surface area contributed by atoms with Crippen molar-refractivity contribution in [2.75, 3.05) is 0 Å². The van der Waals surface area contributed by atoms with Gasteiger partial charge in [0.1, 0.15) is 0 Å². The summed E-state index contributed by atoms with van der Waals surface area (Å²) in [6, 6.07) is 14.3. The average molecular weight is 356 g/mol. The molecule has 0 bridgehead atoms. The maximum Gasteiger partial charge on any atom is 0.0839 e. The highest BCUT2D eigenvalue weighted by molar-refractivity contribution is 5.86. The van der Waals surface area contributed by atoms with Crippen LogP contribution in [-0.4, -0.2) is 10.7 Å². The molecule has 26 heavy (non-hydrogen) atoms. The van der Waals surface area contributed by atoms with Gasteiger partial charge in [-0.2, -0.15) is 0 Å². The van der Waals surface area contributed by atoms with E-state index in [0.29, 0.717) is 0 Å². The largest absolute Gasteiger partial charge is 0.388 e. The number of benzene rings is 2. The second-order valence-electron chi connectivity index (χ2n) is 7.77. The molecule has 2 rings (SSSR count). The molecule has 2 heteroatoms. The van der Waals surface area contributed by atoms with Crippen molar-refractivity contribution in [2.45, 2.75) is 89.7 Å². The minimum Gasteiger partial charge on any atom is -0.388 e.